The van der Waals surface area contributed by atoms with Crippen LogP contribution in [0.5, 0.6) is 0 Å². The van der Waals surface area contributed by atoms with Gasteiger partial charge in [0.25, 0.3) is 5.91 Å². The number of anilines is 3. The zero-order valence-electron chi connectivity index (χ0n) is 19.5. The Labute approximate surface area is 222 Å². The Morgan fingerprint density at radius 1 is 0.944 bits per heavy atom. The summed E-state index contributed by atoms with van der Waals surface area (Å²) in [5.74, 6) is -1.04. The van der Waals surface area contributed by atoms with Crippen molar-refractivity contribution in [3.63, 3.8) is 0 Å². The van der Waals surface area contributed by atoms with E-state index < -0.39 is 5.97 Å². The average Bonchev–Trinajstić information content (AvgIpc) is 3.22. The fraction of sp³-hybridized carbons (Fsp3) is 0.148. The number of carbonyl (C=O) groups excluding carboxylic acids is 1. The molecule has 1 heterocycles. The van der Waals surface area contributed by atoms with E-state index in [0.29, 0.717) is 38.0 Å². The number of hydrogen-bond donors (Lipinski definition) is 3. The fourth-order valence-electron chi connectivity index (χ4n) is 3.59. The first-order valence-corrected chi connectivity index (χ1v) is 12.7. The Morgan fingerprint density at radius 3 is 2.33 bits per heavy atom. The Kier molecular flexibility index (Phi) is 7.94. The van der Waals surface area contributed by atoms with Gasteiger partial charge in [-0.15, -0.1) is 11.3 Å². The summed E-state index contributed by atoms with van der Waals surface area (Å²) in [6.45, 7) is 4.26. The standard InChI is InChI=1S/C27H23Cl2N3O3S/c1-15(2)10-23-24(17-8-9-21(28)22(29)13-17)32-27(36-23)31-20-12-18(26(34)35)11-19(14-20)30-25(33)16-6-4-3-5-7-16/h3-9,11-15H,10H2,1-2H3,(H,30,33)(H,31,32)(H,34,35). The number of carbonyl (C=O) groups is 2. The summed E-state index contributed by atoms with van der Waals surface area (Å²) in [6.07, 6.45) is 0.808. The van der Waals surface area contributed by atoms with Crippen LogP contribution in [0.15, 0.2) is 66.7 Å². The van der Waals surface area contributed by atoms with Gasteiger partial charge in [-0.2, -0.15) is 0 Å². The van der Waals surface area contributed by atoms with Gasteiger partial charge in [0.1, 0.15) is 0 Å². The van der Waals surface area contributed by atoms with Crippen molar-refractivity contribution in [2.75, 3.05) is 10.6 Å². The van der Waals surface area contributed by atoms with Crippen LogP contribution in [-0.4, -0.2) is 22.0 Å². The lowest BCUT2D eigenvalue weighted by molar-refractivity contribution is 0.0696. The summed E-state index contributed by atoms with van der Waals surface area (Å²) < 4.78 is 0. The molecule has 3 N–H and O–H groups in total. The highest BCUT2D eigenvalue weighted by molar-refractivity contribution is 7.16. The molecule has 0 aliphatic carbocycles. The molecule has 0 saturated carbocycles. The molecule has 184 valence electrons. The first-order valence-electron chi connectivity index (χ1n) is 11.2. The predicted molar refractivity (Wildman–Crippen MR) is 147 cm³/mol. The minimum absolute atomic E-state index is 0.0343. The molecule has 3 aromatic carbocycles. The SMILES string of the molecule is CC(C)Cc1sc(Nc2cc(NC(=O)c3ccccc3)cc(C(=O)O)c2)nc1-c1ccc(Cl)c(Cl)c1. The van der Waals surface area contributed by atoms with Gasteiger partial charge in [-0.25, -0.2) is 9.78 Å². The molecule has 9 heteroatoms. The third-order valence-electron chi connectivity index (χ3n) is 5.21. The summed E-state index contributed by atoms with van der Waals surface area (Å²) >= 11 is 13.8. The number of nitrogens with one attached hydrogen (secondary N) is 2. The van der Waals surface area contributed by atoms with E-state index in [4.69, 9.17) is 28.2 Å². The number of nitrogens with zero attached hydrogens (tertiary/aromatic N) is 1. The number of benzene rings is 3. The monoisotopic (exact) mass is 539 g/mol. The molecule has 4 rings (SSSR count). The van der Waals surface area contributed by atoms with Crippen LogP contribution in [-0.2, 0) is 6.42 Å². The van der Waals surface area contributed by atoms with E-state index in [9.17, 15) is 14.7 Å². The van der Waals surface area contributed by atoms with Crippen molar-refractivity contribution in [2.24, 2.45) is 5.92 Å². The van der Waals surface area contributed by atoms with Crippen LogP contribution in [0.4, 0.5) is 16.5 Å². The van der Waals surface area contributed by atoms with Crippen molar-refractivity contribution in [1.29, 1.82) is 0 Å². The Morgan fingerprint density at radius 2 is 1.67 bits per heavy atom. The maximum Gasteiger partial charge on any atom is 0.335 e. The van der Waals surface area contributed by atoms with E-state index in [2.05, 4.69) is 24.5 Å². The molecule has 0 radical (unpaired) electrons. The normalized spacial score (nSPS) is 10.9. The van der Waals surface area contributed by atoms with Crippen LogP contribution in [0.1, 0.15) is 39.4 Å². The van der Waals surface area contributed by atoms with Gasteiger partial charge in [0.15, 0.2) is 5.13 Å². The number of hydrogen-bond acceptors (Lipinski definition) is 5. The number of carboxylic acids is 1. The topological polar surface area (TPSA) is 91.3 Å². The van der Waals surface area contributed by atoms with Crippen molar-refractivity contribution in [1.82, 2.24) is 4.98 Å². The van der Waals surface area contributed by atoms with E-state index in [1.807, 2.05) is 12.1 Å². The molecule has 0 aliphatic heterocycles. The second-order valence-electron chi connectivity index (χ2n) is 8.57. The van der Waals surface area contributed by atoms with E-state index in [1.165, 1.54) is 23.5 Å². The molecule has 6 nitrogen and oxygen atoms in total. The maximum absolute atomic E-state index is 12.6. The van der Waals surface area contributed by atoms with Crippen LogP contribution in [0.25, 0.3) is 11.3 Å². The molecule has 1 amide bonds. The molecule has 0 spiro atoms. The van der Waals surface area contributed by atoms with Gasteiger partial charge in [-0.05, 0) is 54.8 Å². The van der Waals surface area contributed by atoms with Gasteiger partial charge in [0.05, 0.1) is 21.3 Å². The summed E-state index contributed by atoms with van der Waals surface area (Å²) in [6, 6.07) is 18.7. The van der Waals surface area contributed by atoms with Gasteiger partial charge < -0.3 is 15.7 Å². The maximum atomic E-state index is 12.6. The van der Waals surface area contributed by atoms with Crippen molar-refractivity contribution >= 4 is 62.9 Å². The third kappa shape index (κ3) is 6.23. The smallest absolute Gasteiger partial charge is 0.335 e. The van der Waals surface area contributed by atoms with Crippen LogP contribution < -0.4 is 10.6 Å². The number of rotatable bonds is 8. The number of thiazole rings is 1. The lowest BCUT2D eigenvalue weighted by Crippen LogP contribution is -2.12. The van der Waals surface area contributed by atoms with Gasteiger partial charge in [0, 0.05) is 27.4 Å². The molecule has 4 aromatic rings. The van der Waals surface area contributed by atoms with Gasteiger partial charge in [-0.3, -0.25) is 4.79 Å². The van der Waals surface area contributed by atoms with E-state index in [1.54, 1.807) is 42.5 Å². The molecule has 36 heavy (non-hydrogen) atoms. The van der Waals surface area contributed by atoms with E-state index >= 15 is 0 Å². The predicted octanol–water partition coefficient (Wildman–Crippen LogP) is 8.01. The highest BCUT2D eigenvalue weighted by atomic mass is 35.5. The van der Waals surface area contributed by atoms with Gasteiger partial charge in [-0.1, -0.05) is 61.3 Å². The minimum atomic E-state index is -1.11. The number of carboxylic acid groups (broad SMARTS) is 1. The highest BCUT2D eigenvalue weighted by Gasteiger charge is 2.17. The molecule has 0 saturated heterocycles. The minimum Gasteiger partial charge on any atom is -0.478 e. The largest absolute Gasteiger partial charge is 0.478 e. The summed E-state index contributed by atoms with van der Waals surface area (Å²) in [5.41, 5.74) is 2.99. The van der Waals surface area contributed by atoms with Crippen LogP contribution >= 0.6 is 34.5 Å². The summed E-state index contributed by atoms with van der Waals surface area (Å²) in [5, 5.41) is 17.1. The molecule has 0 bridgehead atoms. The van der Waals surface area contributed by atoms with Crippen molar-refractivity contribution in [2.45, 2.75) is 20.3 Å². The molecule has 0 unspecified atom stereocenters. The number of amides is 1. The number of aromatic carboxylic acids is 1. The van der Waals surface area contributed by atoms with Gasteiger partial charge in [0.2, 0.25) is 0 Å². The highest BCUT2D eigenvalue weighted by Crippen LogP contribution is 2.37. The van der Waals surface area contributed by atoms with E-state index in [-0.39, 0.29) is 11.5 Å². The van der Waals surface area contributed by atoms with Crippen molar-refractivity contribution < 1.29 is 14.7 Å². The van der Waals surface area contributed by atoms with Gasteiger partial charge >= 0.3 is 5.97 Å². The number of halogens is 2. The molecule has 0 aliphatic rings. The van der Waals surface area contributed by atoms with Crippen molar-refractivity contribution in [3.05, 3.63) is 92.8 Å². The van der Waals surface area contributed by atoms with Crippen LogP contribution in [0.2, 0.25) is 10.0 Å². The summed E-state index contributed by atoms with van der Waals surface area (Å²) in [7, 11) is 0. The number of aromatic nitrogens is 1. The molecule has 1 aromatic heterocycles. The molecule has 0 atom stereocenters. The Hall–Kier alpha value is -3.39. The third-order valence-corrected chi connectivity index (χ3v) is 6.94. The summed E-state index contributed by atoms with van der Waals surface area (Å²) in [4.78, 5) is 30.2. The molecule has 0 fully saturated rings. The van der Waals surface area contributed by atoms with Crippen LogP contribution in [0.3, 0.4) is 0 Å². The second-order valence-corrected chi connectivity index (χ2v) is 10.5. The fourth-order valence-corrected chi connectivity index (χ4v) is 5.11. The first kappa shape index (κ1) is 25.7. The average molecular weight is 540 g/mol. The zero-order valence-corrected chi connectivity index (χ0v) is 21.8. The quantitative estimate of drug-likeness (QED) is 0.211. The second kappa shape index (κ2) is 11.1. The van der Waals surface area contributed by atoms with Crippen molar-refractivity contribution in [3.8, 4) is 11.3 Å². The molecular formula is C27H23Cl2N3O3S. The Bertz CT molecular complexity index is 1420. The first-order chi connectivity index (χ1) is 17.2. The Balaban J connectivity index is 1.67. The molecular weight excluding hydrogens is 517 g/mol. The lowest BCUT2D eigenvalue weighted by atomic mass is 10.0. The zero-order chi connectivity index (χ0) is 25.8. The lowest BCUT2D eigenvalue weighted by Gasteiger charge is -2.10. The van der Waals surface area contributed by atoms with E-state index in [0.717, 1.165) is 22.6 Å². The van der Waals surface area contributed by atoms with Crippen LogP contribution in [0, 0.1) is 5.92 Å².